The minimum Gasteiger partial charge on any atom is -0.506 e. The lowest BCUT2D eigenvalue weighted by Gasteiger charge is -2.16. The SMILES string of the molecule is Cc1ccc(Sc2cc(NS(=O)(=O)c3ccc(C)cc3C)c3ccccc3c2O)cc1. The minimum absolute atomic E-state index is 0.135. The van der Waals surface area contributed by atoms with Crippen molar-refractivity contribution in [2.24, 2.45) is 0 Å². The highest BCUT2D eigenvalue weighted by Crippen LogP contribution is 2.43. The van der Waals surface area contributed by atoms with Gasteiger partial charge in [-0.1, -0.05) is 71.4 Å². The Balaban J connectivity index is 1.81. The van der Waals surface area contributed by atoms with Crippen LogP contribution in [0.4, 0.5) is 5.69 Å². The zero-order valence-corrected chi connectivity index (χ0v) is 19.1. The molecule has 0 fully saturated rings. The molecular formula is C25H23NO3S2. The van der Waals surface area contributed by atoms with E-state index >= 15 is 0 Å². The molecule has 0 atom stereocenters. The summed E-state index contributed by atoms with van der Waals surface area (Å²) in [5, 5.41) is 12.1. The molecule has 0 unspecified atom stereocenters. The Hall–Kier alpha value is -2.96. The van der Waals surface area contributed by atoms with Crippen molar-refractivity contribution in [1.29, 1.82) is 0 Å². The number of aryl methyl sites for hydroxylation is 3. The Bertz CT molecular complexity index is 1380. The van der Waals surface area contributed by atoms with Crippen LogP contribution in [0.25, 0.3) is 10.8 Å². The molecule has 158 valence electrons. The molecule has 4 aromatic rings. The molecule has 0 spiro atoms. The molecule has 31 heavy (non-hydrogen) atoms. The first-order chi connectivity index (χ1) is 14.7. The molecule has 0 aliphatic heterocycles. The van der Waals surface area contributed by atoms with Crippen molar-refractivity contribution in [3.8, 4) is 5.75 Å². The molecule has 0 amide bonds. The topological polar surface area (TPSA) is 66.4 Å². The van der Waals surface area contributed by atoms with Crippen molar-refractivity contribution < 1.29 is 13.5 Å². The molecule has 0 aliphatic rings. The summed E-state index contributed by atoms with van der Waals surface area (Å²) in [6, 6.07) is 22.2. The van der Waals surface area contributed by atoms with Gasteiger partial charge >= 0.3 is 0 Å². The summed E-state index contributed by atoms with van der Waals surface area (Å²) in [5.74, 6) is 0.135. The molecule has 0 aliphatic carbocycles. The van der Waals surface area contributed by atoms with E-state index in [0.29, 0.717) is 26.9 Å². The lowest BCUT2D eigenvalue weighted by atomic mass is 10.1. The van der Waals surface area contributed by atoms with Crippen LogP contribution in [-0.2, 0) is 10.0 Å². The maximum absolute atomic E-state index is 13.2. The van der Waals surface area contributed by atoms with Gasteiger partial charge in [-0.05, 0) is 50.6 Å². The highest BCUT2D eigenvalue weighted by Gasteiger charge is 2.20. The molecule has 4 aromatic carbocycles. The van der Waals surface area contributed by atoms with Crippen LogP contribution in [0, 0.1) is 20.8 Å². The van der Waals surface area contributed by atoms with Gasteiger partial charge in [0.25, 0.3) is 10.0 Å². The predicted octanol–water partition coefficient (Wildman–Crippen LogP) is 6.42. The first-order valence-corrected chi connectivity index (χ1v) is 12.1. The van der Waals surface area contributed by atoms with Gasteiger partial charge in [-0.2, -0.15) is 0 Å². The van der Waals surface area contributed by atoms with Crippen molar-refractivity contribution in [2.45, 2.75) is 35.5 Å². The molecule has 4 rings (SSSR count). The van der Waals surface area contributed by atoms with Crippen molar-refractivity contribution in [1.82, 2.24) is 0 Å². The molecule has 0 bridgehead atoms. The maximum Gasteiger partial charge on any atom is 0.262 e. The molecule has 4 nitrogen and oxygen atoms in total. The summed E-state index contributed by atoms with van der Waals surface area (Å²) >= 11 is 1.39. The van der Waals surface area contributed by atoms with E-state index < -0.39 is 10.0 Å². The fraction of sp³-hybridized carbons (Fsp3) is 0.120. The smallest absolute Gasteiger partial charge is 0.262 e. The minimum atomic E-state index is -3.80. The summed E-state index contributed by atoms with van der Waals surface area (Å²) in [4.78, 5) is 1.78. The first kappa shape index (κ1) is 21.3. The van der Waals surface area contributed by atoms with Gasteiger partial charge in [0.2, 0.25) is 0 Å². The molecule has 0 saturated carbocycles. The molecule has 0 saturated heterocycles. The fourth-order valence-electron chi connectivity index (χ4n) is 3.53. The van der Waals surface area contributed by atoms with E-state index in [-0.39, 0.29) is 10.6 Å². The monoisotopic (exact) mass is 449 g/mol. The van der Waals surface area contributed by atoms with Crippen LogP contribution in [0.2, 0.25) is 0 Å². The number of phenols is 1. The summed E-state index contributed by atoms with van der Waals surface area (Å²) in [7, 11) is -3.80. The molecular weight excluding hydrogens is 426 g/mol. The number of anilines is 1. The van der Waals surface area contributed by atoms with Gasteiger partial charge in [0.1, 0.15) is 5.75 Å². The third-order valence-electron chi connectivity index (χ3n) is 5.09. The average molecular weight is 450 g/mol. The van der Waals surface area contributed by atoms with Crippen molar-refractivity contribution in [2.75, 3.05) is 4.72 Å². The van der Waals surface area contributed by atoms with Gasteiger partial charge in [0, 0.05) is 15.7 Å². The Morgan fingerprint density at radius 3 is 2.13 bits per heavy atom. The van der Waals surface area contributed by atoms with E-state index in [0.717, 1.165) is 16.0 Å². The first-order valence-electron chi connectivity index (χ1n) is 9.84. The molecule has 0 aromatic heterocycles. The van der Waals surface area contributed by atoms with Crippen molar-refractivity contribution >= 4 is 38.2 Å². The number of sulfonamides is 1. The second-order valence-electron chi connectivity index (χ2n) is 7.61. The molecule has 2 N–H and O–H groups in total. The Morgan fingerprint density at radius 1 is 0.806 bits per heavy atom. The quantitative estimate of drug-likeness (QED) is 0.345. The van der Waals surface area contributed by atoms with E-state index in [1.807, 2.05) is 56.3 Å². The highest BCUT2D eigenvalue weighted by atomic mass is 32.2. The standard InChI is InChI=1S/C25H23NO3S2/c1-16-8-11-19(12-9-16)30-23-15-22(20-6-4-5-7-21(20)25(23)27)26-31(28,29)24-13-10-17(2)14-18(24)3/h4-15,26-27H,1-3H3. The summed E-state index contributed by atoms with van der Waals surface area (Å²) in [6.45, 7) is 5.73. The van der Waals surface area contributed by atoms with Gasteiger partial charge < -0.3 is 5.11 Å². The van der Waals surface area contributed by atoms with Crippen LogP contribution < -0.4 is 4.72 Å². The van der Waals surface area contributed by atoms with Gasteiger partial charge in [-0.25, -0.2) is 8.42 Å². The zero-order chi connectivity index (χ0) is 22.2. The van der Waals surface area contributed by atoms with E-state index in [2.05, 4.69) is 4.72 Å². The van der Waals surface area contributed by atoms with E-state index in [1.54, 1.807) is 37.3 Å². The van der Waals surface area contributed by atoms with Gasteiger partial charge in [0.15, 0.2) is 0 Å². The number of hydrogen-bond donors (Lipinski definition) is 2. The van der Waals surface area contributed by atoms with Crippen LogP contribution in [-0.4, -0.2) is 13.5 Å². The zero-order valence-electron chi connectivity index (χ0n) is 17.5. The second kappa shape index (κ2) is 8.29. The summed E-state index contributed by atoms with van der Waals surface area (Å²) in [6.07, 6.45) is 0. The van der Waals surface area contributed by atoms with Crippen LogP contribution in [0.5, 0.6) is 5.75 Å². The van der Waals surface area contributed by atoms with Gasteiger partial charge in [0.05, 0.1) is 15.5 Å². The third kappa shape index (κ3) is 4.40. The average Bonchev–Trinajstić information content (AvgIpc) is 2.72. The fourth-order valence-corrected chi connectivity index (χ4v) is 5.74. The van der Waals surface area contributed by atoms with E-state index in [1.165, 1.54) is 11.8 Å². The lowest BCUT2D eigenvalue weighted by molar-refractivity contribution is 0.469. The number of hydrogen-bond acceptors (Lipinski definition) is 4. The van der Waals surface area contributed by atoms with Gasteiger partial charge in [-0.3, -0.25) is 4.72 Å². The third-order valence-corrected chi connectivity index (χ3v) is 7.66. The normalized spacial score (nSPS) is 11.6. The second-order valence-corrected chi connectivity index (χ2v) is 10.4. The summed E-state index contributed by atoms with van der Waals surface area (Å²) < 4.78 is 29.1. The van der Waals surface area contributed by atoms with Crippen molar-refractivity contribution in [3.05, 3.63) is 89.5 Å². The van der Waals surface area contributed by atoms with Crippen LogP contribution in [0.1, 0.15) is 16.7 Å². The molecule has 0 radical (unpaired) electrons. The molecule has 0 heterocycles. The van der Waals surface area contributed by atoms with Crippen molar-refractivity contribution in [3.63, 3.8) is 0 Å². The summed E-state index contributed by atoms with van der Waals surface area (Å²) in [5.41, 5.74) is 3.27. The number of fused-ring (bicyclic) bond motifs is 1. The van der Waals surface area contributed by atoms with Crippen LogP contribution in [0.15, 0.2) is 87.5 Å². The Labute approximate surface area is 187 Å². The number of benzene rings is 4. The highest BCUT2D eigenvalue weighted by molar-refractivity contribution is 7.99. The molecule has 6 heteroatoms. The van der Waals surface area contributed by atoms with E-state index in [9.17, 15) is 13.5 Å². The number of phenolic OH excluding ortho intramolecular Hbond substituents is 1. The lowest BCUT2D eigenvalue weighted by Crippen LogP contribution is -2.14. The largest absolute Gasteiger partial charge is 0.506 e. The Kier molecular flexibility index (Phi) is 5.69. The number of rotatable bonds is 5. The number of nitrogens with one attached hydrogen (secondary N) is 1. The van der Waals surface area contributed by atoms with Crippen LogP contribution >= 0.6 is 11.8 Å². The van der Waals surface area contributed by atoms with Gasteiger partial charge in [-0.15, -0.1) is 0 Å². The Morgan fingerprint density at radius 2 is 1.45 bits per heavy atom. The van der Waals surface area contributed by atoms with Crippen LogP contribution in [0.3, 0.4) is 0 Å². The predicted molar refractivity (Wildman–Crippen MR) is 128 cm³/mol. The maximum atomic E-state index is 13.2. The number of aromatic hydroxyl groups is 1. The van der Waals surface area contributed by atoms with E-state index in [4.69, 9.17) is 0 Å².